The lowest BCUT2D eigenvalue weighted by molar-refractivity contribution is -0.146. The molecule has 0 saturated carbocycles. The maximum absolute atomic E-state index is 11.9. The molecule has 1 aliphatic heterocycles. The fourth-order valence-corrected chi connectivity index (χ4v) is 2.65. The van der Waals surface area contributed by atoms with Gasteiger partial charge in [-0.15, -0.1) is 0 Å². The maximum Gasteiger partial charge on any atom is 0.411 e. The van der Waals surface area contributed by atoms with Crippen molar-refractivity contribution in [3.05, 3.63) is 42.5 Å². The number of rotatable bonds is 8. The van der Waals surface area contributed by atoms with E-state index in [0.29, 0.717) is 12.3 Å². The number of piperidine rings is 1. The van der Waals surface area contributed by atoms with Gasteiger partial charge in [-0.1, -0.05) is 31.2 Å². The van der Waals surface area contributed by atoms with Crippen LogP contribution in [0.15, 0.2) is 36.9 Å². The van der Waals surface area contributed by atoms with Crippen LogP contribution >= 0.6 is 0 Å². The molecular weight excluding hydrogens is 320 g/mol. The number of benzene rings is 1. The molecular formula is C19H26N2O4. The second kappa shape index (κ2) is 10.5. The number of carbonyl (C=O) groups excluding carboxylic acids is 2. The van der Waals surface area contributed by atoms with Crippen molar-refractivity contribution >= 4 is 17.7 Å². The van der Waals surface area contributed by atoms with Crippen LogP contribution in [0.5, 0.6) is 0 Å². The van der Waals surface area contributed by atoms with E-state index in [9.17, 15) is 9.59 Å². The number of esters is 1. The van der Waals surface area contributed by atoms with E-state index in [4.69, 9.17) is 9.47 Å². The Hall–Kier alpha value is -2.34. The van der Waals surface area contributed by atoms with Crippen LogP contribution in [-0.4, -0.2) is 37.9 Å². The molecule has 1 aromatic carbocycles. The van der Waals surface area contributed by atoms with Gasteiger partial charge in [0.15, 0.2) is 0 Å². The first kappa shape index (κ1) is 19.0. The number of carbonyl (C=O) groups is 2. The zero-order chi connectivity index (χ0) is 17.9. The minimum absolute atomic E-state index is 0.139. The van der Waals surface area contributed by atoms with E-state index in [1.165, 1.54) is 6.08 Å². The molecule has 0 bridgehead atoms. The predicted molar refractivity (Wildman–Crippen MR) is 96.5 cm³/mol. The van der Waals surface area contributed by atoms with Gasteiger partial charge in [-0.25, -0.2) is 4.79 Å². The molecule has 6 nitrogen and oxygen atoms in total. The van der Waals surface area contributed by atoms with Crippen molar-refractivity contribution in [3.63, 3.8) is 0 Å². The van der Waals surface area contributed by atoms with Gasteiger partial charge in [0, 0.05) is 5.69 Å². The van der Waals surface area contributed by atoms with Crippen molar-refractivity contribution in [3.8, 4) is 0 Å². The first-order valence-electron chi connectivity index (χ1n) is 8.72. The van der Waals surface area contributed by atoms with Crippen LogP contribution in [0.4, 0.5) is 10.5 Å². The normalized spacial score (nSPS) is 16.7. The van der Waals surface area contributed by atoms with Gasteiger partial charge in [0.05, 0.1) is 6.61 Å². The highest BCUT2D eigenvalue weighted by Crippen LogP contribution is 2.12. The Morgan fingerprint density at radius 2 is 2.04 bits per heavy atom. The van der Waals surface area contributed by atoms with Crippen molar-refractivity contribution in [2.75, 3.05) is 25.1 Å². The van der Waals surface area contributed by atoms with Crippen LogP contribution in [0, 0.1) is 0 Å². The molecule has 0 unspecified atom stereocenters. The van der Waals surface area contributed by atoms with E-state index in [2.05, 4.69) is 17.2 Å². The molecule has 1 aliphatic rings. The van der Waals surface area contributed by atoms with Crippen LogP contribution < -0.4 is 10.6 Å². The quantitative estimate of drug-likeness (QED) is 0.430. The largest absolute Gasteiger partial charge is 0.465 e. The molecule has 2 N–H and O–H groups in total. The highest BCUT2D eigenvalue weighted by atomic mass is 16.5. The van der Waals surface area contributed by atoms with Crippen LogP contribution in [-0.2, 0) is 20.7 Å². The summed E-state index contributed by atoms with van der Waals surface area (Å²) in [5, 5.41) is 5.82. The Bertz CT molecular complexity index is 565. The lowest BCUT2D eigenvalue weighted by Crippen LogP contribution is -2.41. The minimum atomic E-state index is -0.504. The van der Waals surface area contributed by atoms with Crippen molar-refractivity contribution in [2.45, 2.75) is 38.1 Å². The summed E-state index contributed by atoms with van der Waals surface area (Å²) in [5.41, 5.74) is 1.80. The van der Waals surface area contributed by atoms with Gasteiger partial charge in [-0.2, -0.15) is 0 Å². The van der Waals surface area contributed by atoms with Gasteiger partial charge in [0.1, 0.15) is 12.6 Å². The van der Waals surface area contributed by atoms with Gasteiger partial charge in [0.2, 0.25) is 0 Å². The van der Waals surface area contributed by atoms with Crippen LogP contribution in [0.3, 0.4) is 0 Å². The zero-order valence-electron chi connectivity index (χ0n) is 14.5. The summed E-state index contributed by atoms with van der Waals surface area (Å²) in [6.07, 6.45) is 5.66. The number of hydrogen-bond donors (Lipinski definition) is 2. The van der Waals surface area contributed by atoms with Crippen molar-refractivity contribution in [1.29, 1.82) is 0 Å². The van der Waals surface area contributed by atoms with Gasteiger partial charge in [-0.3, -0.25) is 10.1 Å². The second-order valence-electron chi connectivity index (χ2n) is 5.98. The van der Waals surface area contributed by atoms with Gasteiger partial charge in [-0.05, 0) is 49.9 Å². The zero-order valence-corrected chi connectivity index (χ0v) is 14.5. The molecule has 0 spiro atoms. The summed E-state index contributed by atoms with van der Waals surface area (Å²) in [5.74, 6) is -0.141. The Balaban J connectivity index is 1.64. The van der Waals surface area contributed by atoms with E-state index in [0.717, 1.165) is 44.2 Å². The second-order valence-corrected chi connectivity index (χ2v) is 5.98. The van der Waals surface area contributed by atoms with E-state index < -0.39 is 6.09 Å². The number of amides is 1. The third kappa shape index (κ3) is 6.97. The number of nitrogens with one attached hydrogen (secondary N) is 2. The fourth-order valence-electron chi connectivity index (χ4n) is 2.65. The van der Waals surface area contributed by atoms with Crippen LogP contribution in [0.2, 0.25) is 0 Å². The Kier molecular flexibility index (Phi) is 7.98. The SMILES string of the molecule is C=CCOC(=O)Nc1ccc(CCCOC(=O)[C@@H]2CCCCN2)cc1. The molecule has 6 heteroatoms. The lowest BCUT2D eigenvalue weighted by atomic mass is 10.1. The first-order chi connectivity index (χ1) is 12.2. The Morgan fingerprint density at radius 3 is 2.72 bits per heavy atom. The van der Waals surface area contributed by atoms with E-state index >= 15 is 0 Å². The lowest BCUT2D eigenvalue weighted by Gasteiger charge is -2.21. The summed E-state index contributed by atoms with van der Waals surface area (Å²) >= 11 is 0. The Morgan fingerprint density at radius 1 is 1.24 bits per heavy atom. The van der Waals surface area contributed by atoms with Crippen LogP contribution in [0.25, 0.3) is 0 Å². The first-order valence-corrected chi connectivity index (χ1v) is 8.72. The van der Waals surface area contributed by atoms with Crippen molar-refractivity contribution < 1.29 is 19.1 Å². The van der Waals surface area contributed by atoms with Gasteiger partial charge < -0.3 is 14.8 Å². The highest BCUT2D eigenvalue weighted by molar-refractivity contribution is 5.84. The summed E-state index contributed by atoms with van der Waals surface area (Å²) in [4.78, 5) is 23.3. The van der Waals surface area contributed by atoms with Crippen molar-refractivity contribution in [2.24, 2.45) is 0 Å². The monoisotopic (exact) mass is 346 g/mol. The molecule has 1 amide bonds. The average Bonchev–Trinajstić information content (AvgIpc) is 2.65. The molecule has 0 aromatic heterocycles. The van der Waals surface area contributed by atoms with Crippen molar-refractivity contribution in [1.82, 2.24) is 5.32 Å². The molecule has 1 aromatic rings. The summed E-state index contributed by atoms with van der Waals surface area (Å²) in [6.45, 7) is 4.98. The third-order valence-electron chi connectivity index (χ3n) is 3.98. The maximum atomic E-state index is 11.9. The average molecular weight is 346 g/mol. The number of hydrogen-bond acceptors (Lipinski definition) is 5. The molecule has 136 valence electrons. The predicted octanol–water partition coefficient (Wildman–Crippen LogP) is 3.04. The summed E-state index contributed by atoms with van der Waals surface area (Å²) in [6, 6.07) is 7.38. The molecule has 2 rings (SSSR count). The summed E-state index contributed by atoms with van der Waals surface area (Å²) < 4.78 is 10.2. The molecule has 0 radical (unpaired) electrons. The molecule has 1 atom stereocenters. The molecule has 1 saturated heterocycles. The number of anilines is 1. The number of aryl methyl sites for hydroxylation is 1. The summed E-state index contributed by atoms with van der Waals surface area (Å²) in [7, 11) is 0. The number of ether oxygens (including phenoxy) is 2. The highest BCUT2D eigenvalue weighted by Gasteiger charge is 2.21. The minimum Gasteiger partial charge on any atom is -0.465 e. The molecule has 0 aliphatic carbocycles. The standard InChI is InChI=1S/C19H26N2O4/c1-2-13-25-19(23)21-16-10-8-15(9-11-16)6-5-14-24-18(22)17-7-3-4-12-20-17/h2,8-11,17,20H,1,3-7,12-14H2,(H,21,23)/t17-/m0/s1. The topological polar surface area (TPSA) is 76.7 Å². The van der Waals surface area contributed by atoms with E-state index in [1.54, 1.807) is 0 Å². The van der Waals surface area contributed by atoms with Crippen LogP contribution in [0.1, 0.15) is 31.2 Å². The van der Waals surface area contributed by atoms with Gasteiger partial charge >= 0.3 is 12.1 Å². The van der Waals surface area contributed by atoms with Gasteiger partial charge in [0.25, 0.3) is 0 Å². The third-order valence-corrected chi connectivity index (χ3v) is 3.98. The molecule has 1 heterocycles. The Labute approximate surface area is 148 Å². The molecule has 25 heavy (non-hydrogen) atoms. The fraction of sp³-hybridized carbons (Fsp3) is 0.474. The van der Waals surface area contributed by atoms with E-state index in [-0.39, 0.29) is 18.6 Å². The van der Waals surface area contributed by atoms with E-state index in [1.807, 2.05) is 24.3 Å². The smallest absolute Gasteiger partial charge is 0.411 e. The molecule has 1 fully saturated rings.